The Morgan fingerprint density at radius 2 is 1.79 bits per heavy atom. The van der Waals surface area contributed by atoms with Crippen LogP contribution in [-0.4, -0.2) is 51.8 Å². The number of benzene rings is 2. The van der Waals surface area contributed by atoms with E-state index in [9.17, 15) is 27.6 Å². The van der Waals surface area contributed by atoms with E-state index in [0.29, 0.717) is 34.6 Å². The van der Waals surface area contributed by atoms with Gasteiger partial charge in [-0.2, -0.15) is 18.3 Å². The molecule has 2 aromatic carbocycles. The van der Waals surface area contributed by atoms with Gasteiger partial charge in [0.25, 0.3) is 17.4 Å². The van der Waals surface area contributed by atoms with Crippen LogP contribution in [-0.2, 0) is 25.6 Å². The minimum absolute atomic E-state index is 0.00280. The Morgan fingerprint density at radius 1 is 1.14 bits per heavy atom. The van der Waals surface area contributed by atoms with Gasteiger partial charge in [0.15, 0.2) is 7.85 Å². The molecule has 0 fully saturated rings. The van der Waals surface area contributed by atoms with Crippen molar-refractivity contribution in [2.24, 2.45) is 5.92 Å². The van der Waals surface area contributed by atoms with Crippen LogP contribution < -0.4 is 16.5 Å². The van der Waals surface area contributed by atoms with Crippen molar-refractivity contribution in [2.75, 3.05) is 7.05 Å². The Bertz CT molecular complexity index is 1820. The number of halogens is 4. The number of carbonyl (C=O) groups excluding carboxylic acids is 2. The molecule has 4 aromatic rings. The molecular formula is C30H30BBrF3N5O3. The highest BCUT2D eigenvalue weighted by molar-refractivity contribution is 9.10. The molecule has 0 saturated heterocycles. The van der Waals surface area contributed by atoms with E-state index in [4.69, 9.17) is 5.10 Å². The molecular weight excluding hydrogens is 626 g/mol. The molecule has 2 amide bonds. The van der Waals surface area contributed by atoms with E-state index >= 15 is 0 Å². The normalized spacial score (nSPS) is 15.2. The quantitative estimate of drug-likeness (QED) is 0.333. The summed E-state index contributed by atoms with van der Waals surface area (Å²) in [7, 11) is 3.41. The van der Waals surface area contributed by atoms with Crippen LogP contribution in [0.4, 0.5) is 13.2 Å². The Morgan fingerprint density at radius 3 is 2.40 bits per heavy atom. The first-order chi connectivity index (χ1) is 20.2. The molecule has 13 heteroatoms. The predicted molar refractivity (Wildman–Crippen MR) is 163 cm³/mol. The summed E-state index contributed by atoms with van der Waals surface area (Å²) >= 11 is 2.93. The molecule has 0 unspecified atom stereocenters. The topological polar surface area (TPSA) is 88.7 Å². The molecule has 0 saturated carbocycles. The van der Waals surface area contributed by atoms with Gasteiger partial charge in [-0.1, -0.05) is 29.8 Å². The van der Waals surface area contributed by atoms with Gasteiger partial charge >= 0.3 is 6.18 Å². The average Bonchev–Trinajstić information content (AvgIpc) is 3.26. The highest BCUT2D eigenvalue weighted by atomic mass is 79.9. The highest BCUT2D eigenvalue weighted by Gasteiger charge is 2.36. The lowest BCUT2D eigenvalue weighted by Crippen LogP contribution is -2.46. The average molecular weight is 656 g/mol. The van der Waals surface area contributed by atoms with Crippen molar-refractivity contribution in [3.63, 3.8) is 0 Å². The number of nitrogens with zero attached hydrogens (tertiary/aromatic N) is 4. The number of rotatable bonds is 5. The SMILES string of the molecule is Bc1nn2c3c(c(=O)n(-c4ccc(C(=O)NC)cc4)c2c1CC(C)C)C[C@@H](C)N(C(=O)c1ccc(Br)c(C(F)(F)F)c1)C3. The van der Waals surface area contributed by atoms with Crippen LogP contribution in [0.5, 0.6) is 0 Å². The van der Waals surface area contributed by atoms with E-state index in [2.05, 4.69) is 35.1 Å². The summed E-state index contributed by atoms with van der Waals surface area (Å²) in [4.78, 5) is 41.5. The second-order valence-electron chi connectivity index (χ2n) is 11.3. The van der Waals surface area contributed by atoms with Gasteiger partial charge in [-0.05, 0) is 68.1 Å². The van der Waals surface area contributed by atoms with E-state index in [1.807, 2.05) is 7.85 Å². The van der Waals surface area contributed by atoms with Crippen molar-refractivity contribution in [1.82, 2.24) is 24.4 Å². The number of nitrogens with one attached hydrogen (secondary N) is 1. The van der Waals surface area contributed by atoms with Crippen LogP contribution in [0.1, 0.15) is 63.9 Å². The van der Waals surface area contributed by atoms with Crippen molar-refractivity contribution in [3.8, 4) is 5.69 Å². The number of alkyl halides is 3. The Kier molecular flexibility index (Phi) is 8.06. The van der Waals surface area contributed by atoms with E-state index in [1.54, 1.807) is 47.3 Å². The van der Waals surface area contributed by atoms with Gasteiger partial charge in [0.1, 0.15) is 5.65 Å². The molecule has 43 heavy (non-hydrogen) atoms. The van der Waals surface area contributed by atoms with Crippen LogP contribution in [0.25, 0.3) is 11.3 Å². The van der Waals surface area contributed by atoms with Crippen molar-refractivity contribution in [3.05, 3.63) is 90.8 Å². The predicted octanol–water partition coefficient (Wildman–Crippen LogP) is 3.67. The molecule has 2 aromatic heterocycles. The molecule has 0 bridgehead atoms. The fourth-order valence-corrected chi connectivity index (χ4v) is 6.12. The maximum absolute atomic E-state index is 14.2. The zero-order valence-electron chi connectivity index (χ0n) is 24.3. The molecule has 1 N–H and O–H groups in total. The van der Waals surface area contributed by atoms with Crippen molar-refractivity contribution < 1.29 is 22.8 Å². The second-order valence-corrected chi connectivity index (χ2v) is 12.1. The van der Waals surface area contributed by atoms with Crippen molar-refractivity contribution >= 4 is 46.8 Å². The summed E-state index contributed by atoms with van der Waals surface area (Å²) in [6.45, 7) is 5.90. The van der Waals surface area contributed by atoms with Crippen molar-refractivity contribution in [1.29, 1.82) is 0 Å². The van der Waals surface area contributed by atoms with Gasteiger partial charge in [-0.3, -0.25) is 19.0 Å². The van der Waals surface area contributed by atoms with Crippen LogP contribution in [0.2, 0.25) is 0 Å². The fraction of sp³-hybridized carbons (Fsp3) is 0.333. The van der Waals surface area contributed by atoms with E-state index < -0.39 is 23.7 Å². The lowest BCUT2D eigenvalue weighted by Gasteiger charge is -2.35. The maximum Gasteiger partial charge on any atom is 0.417 e. The lowest BCUT2D eigenvalue weighted by atomic mass is 9.93. The summed E-state index contributed by atoms with van der Waals surface area (Å²) in [5.41, 5.74) is 2.90. The third kappa shape index (κ3) is 5.50. The molecule has 3 heterocycles. The molecule has 1 aliphatic heterocycles. The lowest BCUT2D eigenvalue weighted by molar-refractivity contribution is -0.138. The van der Waals surface area contributed by atoms with Gasteiger partial charge < -0.3 is 10.2 Å². The standard InChI is InChI=1S/C30H30BBrF3N5O3/c1-15(2)11-21-25(31)37-40-24-14-38(28(42)18-7-10-23(32)22(13-18)30(33,34)35)16(3)12-20(24)29(43)39(27(21)40)19-8-5-17(6-9-19)26(41)36-4/h5-10,13,15-16H,11-12,14,31H2,1-4H3,(H,36,41)/t16-/m1/s1. The summed E-state index contributed by atoms with van der Waals surface area (Å²) in [6.07, 6.45) is -3.81. The van der Waals surface area contributed by atoms with E-state index in [0.717, 1.165) is 17.2 Å². The molecule has 0 aliphatic carbocycles. The first-order valence-electron chi connectivity index (χ1n) is 13.9. The number of hydrogen-bond acceptors (Lipinski definition) is 4. The minimum Gasteiger partial charge on any atom is -0.355 e. The second kappa shape index (κ2) is 11.3. The van der Waals surface area contributed by atoms with Crippen LogP contribution in [0, 0.1) is 5.92 Å². The number of aromatic nitrogens is 3. The Labute approximate surface area is 255 Å². The van der Waals surface area contributed by atoms with E-state index in [1.165, 1.54) is 17.0 Å². The monoisotopic (exact) mass is 655 g/mol. The molecule has 0 spiro atoms. The smallest absolute Gasteiger partial charge is 0.355 e. The first-order valence-corrected chi connectivity index (χ1v) is 14.7. The number of amides is 2. The summed E-state index contributed by atoms with van der Waals surface area (Å²) in [5.74, 6) is -0.563. The first kappa shape index (κ1) is 30.6. The molecule has 8 nitrogen and oxygen atoms in total. The van der Waals surface area contributed by atoms with Gasteiger partial charge in [-0.15, -0.1) is 0 Å². The van der Waals surface area contributed by atoms with Gasteiger partial charge in [0.05, 0.1) is 23.5 Å². The zero-order valence-corrected chi connectivity index (χ0v) is 25.9. The maximum atomic E-state index is 14.2. The molecule has 1 aliphatic rings. The molecule has 224 valence electrons. The summed E-state index contributed by atoms with van der Waals surface area (Å²) < 4.78 is 43.9. The Balaban J connectivity index is 1.68. The summed E-state index contributed by atoms with van der Waals surface area (Å²) in [5, 5.41) is 7.40. The molecule has 0 radical (unpaired) electrons. The Hall–Kier alpha value is -3.87. The fourth-order valence-electron chi connectivity index (χ4n) is 5.64. The largest absolute Gasteiger partial charge is 0.417 e. The van der Waals surface area contributed by atoms with Gasteiger partial charge in [-0.25, -0.2) is 4.52 Å². The molecule has 5 rings (SSSR count). The van der Waals surface area contributed by atoms with E-state index in [-0.39, 0.29) is 40.4 Å². The molecule has 1 atom stereocenters. The number of fused-ring (bicyclic) bond motifs is 3. The third-order valence-electron chi connectivity index (χ3n) is 7.79. The number of hydrogen-bond donors (Lipinski definition) is 1. The van der Waals surface area contributed by atoms with Crippen LogP contribution in [0.3, 0.4) is 0 Å². The third-order valence-corrected chi connectivity index (χ3v) is 8.48. The highest BCUT2D eigenvalue weighted by Crippen LogP contribution is 2.36. The van der Waals surface area contributed by atoms with Gasteiger partial charge in [0, 0.05) is 45.4 Å². The van der Waals surface area contributed by atoms with Crippen LogP contribution in [0.15, 0.2) is 51.7 Å². The van der Waals surface area contributed by atoms with Crippen LogP contribution >= 0.6 is 15.9 Å². The van der Waals surface area contributed by atoms with Crippen molar-refractivity contribution in [2.45, 2.75) is 52.4 Å². The number of carbonyl (C=O) groups is 2. The minimum atomic E-state index is -4.63. The zero-order chi connectivity index (χ0) is 31.4. The summed E-state index contributed by atoms with van der Waals surface area (Å²) in [6, 6.07) is 9.69. The van der Waals surface area contributed by atoms with Gasteiger partial charge in [0.2, 0.25) is 0 Å².